The van der Waals surface area contributed by atoms with Crippen LogP contribution in [0.1, 0.15) is 5.56 Å². The monoisotopic (exact) mass is 268 g/mol. The number of benzene rings is 1. The number of allylic oxidation sites excluding steroid dienone is 6. The van der Waals surface area contributed by atoms with Gasteiger partial charge in [0.1, 0.15) is 0 Å². The van der Waals surface area contributed by atoms with E-state index in [-0.39, 0.29) is 0 Å². The Kier molecular flexibility index (Phi) is 3.10. The van der Waals surface area contributed by atoms with Gasteiger partial charge >= 0.3 is 0 Å². The molecule has 1 aromatic carbocycles. The zero-order chi connectivity index (χ0) is 13.2. The third-order valence-corrected chi connectivity index (χ3v) is 3.31. The van der Waals surface area contributed by atoms with Gasteiger partial charge in [0, 0.05) is 41.8 Å². The molecule has 94 valence electrons. The van der Waals surface area contributed by atoms with Gasteiger partial charge in [0.15, 0.2) is 0 Å². The Labute approximate surface area is 117 Å². The second kappa shape index (κ2) is 4.90. The van der Waals surface area contributed by atoms with Crippen molar-refractivity contribution in [2.45, 2.75) is 0 Å². The lowest BCUT2D eigenvalue weighted by Crippen LogP contribution is -2.02. The van der Waals surface area contributed by atoms with Gasteiger partial charge < -0.3 is 4.90 Å². The molecule has 2 aliphatic heterocycles. The standard InChI is InChI=1S/C16H13ClN2/c1-19-8-6-12(7-9-19)2-3-13-11-18-16-5-4-14(17)10-15(13)16/h2-11H,1H3. The van der Waals surface area contributed by atoms with Crippen molar-refractivity contribution >= 4 is 29.1 Å². The zero-order valence-corrected chi connectivity index (χ0v) is 11.3. The molecular weight excluding hydrogens is 256 g/mol. The van der Waals surface area contributed by atoms with Crippen LogP contribution in [0.15, 0.2) is 65.5 Å². The summed E-state index contributed by atoms with van der Waals surface area (Å²) < 4.78 is 0. The van der Waals surface area contributed by atoms with E-state index in [1.807, 2.05) is 48.8 Å². The summed E-state index contributed by atoms with van der Waals surface area (Å²) in [5.41, 5.74) is 4.31. The Balaban J connectivity index is 1.90. The summed E-state index contributed by atoms with van der Waals surface area (Å²) in [6, 6.07) is 5.76. The molecule has 0 fully saturated rings. The summed E-state index contributed by atoms with van der Waals surface area (Å²) in [5.74, 6) is 0. The second-order valence-corrected chi connectivity index (χ2v) is 4.94. The Bertz CT molecular complexity index is 647. The molecule has 0 saturated heterocycles. The van der Waals surface area contributed by atoms with Gasteiger partial charge in [0.05, 0.1) is 5.69 Å². The van der Waals surface area contributed by atoms with E-state index in [1.54, 1.807) is 0 Å². The Morgan fingerprint density at radius 2 is 1.95 bits per heavy atom. The largest absolute Gasteiger partial charge is 0.357 e. The number of fused-ring (bicyclic) bond motifs is 1. The van der Waals surface area contributed by atoms with E-state index in [0.717, 1.165) is 27.4 Å². The first kappa shape index (κ1) is 12.0. The lowest BCUT2D eigenvalue weighted by Gasteiger charge is -2.11. The van der Waals surface area contributed by atoms with E-state index in [1.165, 1.54) is 0 Å². The van der Waals surface area contributed by atoms with Gasteiger partial charge in [0.2, 0.25) is 0 Å². The zero-order valence-electron chi connectivity index (χ0n) is 10.5. The molecule has 0 atom stereocenters. The first-order valence-corrected chi connectivity index (χ1v) is 6.44. The van der Waals surface area contributed by atoms with Crippen molar-refractivity contribution in [3.05, 3.63) is 71.1 Å². The van der Waals surface area contributed by atoms with Gasteiger partial charge in [-0.15, -0.1) is 0 Å². The number of halogens is 1. The molecule has 0 aromatic heterocycles. The fraction of sp³-hybridized carbons (Fsp3) is 0.0625. The number of aliphatic imine (C=N–C) groups is 1. The quantitative estimate of drug-likeness (QED) is 0.740. The normalized spacial score (nSPS) is 18.3. The van der Waals surface area contributed by atoms with Gasteiger partial charge in [-0.05, 0) is 35.9 Å². The van der Waals surface area contributed by atoms with Gasteiger partial charge in [-0.2, -0.15) is 0 Å². The predicted octanol–water partition coefficient (Wildman–Crippen LogP) is 4.34. The molecule has 0 unspecified atom stereocenters. The number of hydrogen-bond acceptors (Lipinski definition) is 2. The molecule has 0 amide bonds. The molecule has 19 heavy (non-hydrogen) atoms. The summed E-state index contributed by atoms with van der Waals surface area (Å²) in [6.07, 6.45) is 14.2. The van der Waals surface area contributed by atoms with Crippen LogP contribution >= 0.6 is 11.6 Å². The van der Waals surface area contributed by atoms with Gasteiger partial charge in [-0.25, -0.2) is 0 Å². The predicted molar refractivity (Wildman–Crippen MR) is 81.7 cm³/mol. The molecule has 0 aliphatic carbocycles. The fourth-order valence-corrected chi connectivity index (χ4v) is 2.18. The SMILES string of the molecule is CN1C=CC(=CC=C2C=Nc3ccc(Cl)cc32)C=C1. The van der Waals surface area contributed by atoms with Gasteiger partial charge in [-0.3, -0.25) is 4.99 Å². The van der Waals surface area contributed by atoms with Crippen molar-refractivity contribution in [2.24, 2.45) is 4.99 Å². The minimum atomic E-state index is 0.738. The van der Waals surface area contributed by atoms with Crippen LogP contribution < -0.4 is 0 Å². The Morgan fingerprint density at radius 1 is 1.16 bits per heavy atom. The number of rotatable bonds is 1. The van der Waals surface area contributed by atoms with Crippen LogP contribution in [0, 0.1) is 0 Å². The second-order valence-electron chi connectivity index (χ2n) is 4.51. The van der Waals surface area contributed by atoms with E-state index in [2.05, 4.69) is 29.3 Å². The molecule has 0 spiro atoms. The highest BCUT2D eigenvalue weighted by Crippen LogP contribution is 2.33. The van der Waals surface area contributed by atoms with Gasteiger partial charge in [-0.1, -0.05) is 23.8 Å². The van der Waals surface area contributed by atoms with Crippen molar-refractivity contribution in [1.82, 2.24) is 4.90 Å². The molecule has 2 aliphatic rings. The third-order valence-electron chi connectivity index (χ3n) is 3.07. The van der Waals surface area contributed by atoms with E-state index < -0.39 is 0 Å². The van der Waals surface area contributed by atoms with Crippen molar-refractivity contribution in [3.63, 3.8) is 0 Å². The number of hydrogen-bond donors (Lipinski definition) is 0. The lowest BCUT2D eigenvalue weighted by atomic mass is 10.1. The average molecular weight is 269 g/mol. The van der Waals surface area contributed by atoms with Crippen molar-refractivity contribution in [1.29, 1.82) is 0 Å². The summed E-state index contributed by atoms with van der Waals surface area (Å²) in [5, 5.41) is 0.738. The van der Waals surface area contributed by atoms with Crippen LogP contribution in [0.25, 0.3) is 5.57 Å². The molecule has 3 rings (SSSR count). The van der Waals surface area contributed by atoms with Crippen LogP contribution in [0.5, 0.6) is 0 Å². The minimum absolute atomic E-state index is 0.738. The summed E-state index contributed by atoms with van der Waals surface area (Å²) in [7, 11) is 2.00. The van der Waals surface area contributed by atoms with Crippen LogP contribution in [0.4, 0.5) is 5.69 Å². The van der Waals surface area contributed by atoms with E-state index >= 15 is 0 Å². The fourth-order valence-electron chi connectivity index (χ4n) is 2.00. The maximum atomic E-state index is 6.03. The Hall–Kier alpha value is -2.06. The van der Waals surface area contributed by atoms with Crippen LogP contribution in [0.3, 0.4) is 0 Å². The molecule has 0 bridgehead atoms. The topological polar surface area (TPSA) is 15.6 Å². The first-order chi connectivity index (χ1) is 9.22. The van der Waals surface area contributed by atoms with Crippen molar-refractivity contribution in [2.75, 3.05) is 7.05 Å². The molecule has 0 N–H and O–H groups in total. The van der Waals surface area contributed by atoms with Crippen LogP contribution in [-0.2, 0) is 0 Å². The molecular formula is C16H13ClN2. The molecule has 0 saturated carbocycles. The maximum Gasteiger partial charge on any atom is 0.0709 e. The van der Waals surface area contributed by atoms with Crippen LogP contribution in [0.2, 0.25) is 5.02 Å². The molecule has 1 aromatic rings. The smallest absolute Gasteiger partial charge is 0.0709 e. The maximum absolute atomic E-state index is 6.03. The van der Waals surface area contributed by atoms with Gasteiger partial charge in [0.25, 0.3) is 0 Å². The molecule has 3 heteroatoms. The minimum Gasteiger partial charge on any atom is -0.357 e. The molecule has 2 nitrogen and oxygen atoms in total. The van der Waals surface area contributed by atoms with E-state index in [9.17, 15) is 0 Å². The highest BCUT2D eigenvalue weighted by Gasteiger charge is 2.11. The first-order valence-electron chi connectivity index (χ1n) is 6.07. The highest BCUT2D eigenvalue weighted by molar-refractivity contribution is 6.31. The third kappa shape index (κ3) is 2.54. The average Bonchev–Trinajstić information content (AvgIpc) is 2.80. The van der Waals surface area contributed by atoms with E-state index in [0.29, 0.717) is 0 Å². The van der Waals surface area contributed by atoms with Crippen molar-refractivity contribution < 1.29 is 0 Å². The molecule has 2 heterocycles. The summed E-state index contributed by atoms with van der Waals surface area (Å²) in [4.78, 5) is 6.38. The highest BCUT2D eigenvalue weighted by atomic mass is 35.5. The summed E-state index contributed by atoms with van der Waals surface area (Å²) >= 11 is 6.03. The van der Waals surface area contributed by atoms with Crippen LogP contribution in [-0.4, -0.2) is 18.2 Å². The molecule has 0 radical (unpaired) electrons. The van der Waals surface area contributed by atoms with E-state index in [4.69, 9.17) is 11.6 Å². The Morgan fingerprint density at radius 3 is 2.74 bits per heavy atom. The van der Waals surface area contributed by atoms with Crippen molar-refractivity contribution in [3.8, 4) is 0 Å². The lowest BCUT2D eigenvalue weighted by molar-refractivity contribution is 0.620. The number of nitrogens with zero attached hydrogens (tertiary/aromatic N) is 2. The summed E-state index contributed by atoms with van der Waals surface area (Å²) in [6.45, 7) is 0.